The molecule has 1 fully saturated rings. The molecule has 1 aliphatic carbocycles. The molecular formula is C18H26N2O2. The zero-order valence-corrected chi connectivity index (χ0v) is 13.6. The van der Waals surface area contributed by atoms with Crippen LogP contribution in [0.1, 0.15) is 49.7 Å². The molecule has 0 aromatic heterocycles. The first-order chi connectivity index (χ1) is 10.6. The topological polar surface area (TPSA) is 58.2 Å². The Hall–Kier alpha value is -1.84. The van der Waals surface area contributed by atoms with Crippen molar-refractivity contribution in [3.8, 4) is 0 Å². The van der Waals surface area contributed by atoms with Crippen molar-refractivity contribution in [1.82, 2.24) is 5.32 Å². The van der Waals surface area contributed by atoms with Crippen LogP contribution >= 0.6 is 0 Å². The lowest BCUT2D eigenvalue weighted by Crippen LogP contribution is -2.36. The number of anilines is 1. The summed E-state index contributed by atoms with van der Waals surface area (Å²) in [4.78, 5) is 23.7. The molecule has 0 heterocycles. The molecule has 2 amide bonds. The number of nitrogens with one attached hydrogen (secondary N) is 2. The normalized spacial score (nSPS) is 15.4. The number of hydrogen-bond donors (Lipinski definition) is 2. The molecule has 0 radical (unpaired) electrons. The highest BCUT2D eigenvalue weighted by molar-refractivity contribution is 6.39. The molecule has 1 aliphatic rings. The minimum atomic E-state index is -0.591. The third kappa shape index (κ3) is 4.86. The van der Waals surface area contributed by atoms with Gasteiger partial charge in [0.2, 0.25) is 0 Å². The van der Waals surface area contributed by atoms with Gasteiger partial charge in [-0.15, -0.1) is 0 Å². The van der Waals surface area contributed by atoms with E-state index in [1.54, 1.807) is 0 Å². The number of amides is 2. The second-order valence-electron chi connectivity index (χ2n) is 6.30. The number of carbonyl (C=O) groups is 2. The maximum Gasteiger partial charge on any atom is 0.313 e. The van der Waals surface area contributed by atoms with Gasteiger partial charge in [-0.1, -0.05) is 38.2 Å². The maximum atomic E-state index is 11.9. The van der Waals surface area contributed by atoms with E-state index in [1.807, 2.05) is 32.0 Å². The molecular weight excluding hydrogens is 276 g/mol. The highest BCUT2D eigenvalue weighted by Crippen LogP contribution is 2.25. The van der Waals surface area contributed by atoms with E-state index in [9.17, 15) is 9.59 Å². The van der Waals surface area contributed by atoms with E-state index in [0.29, 0.717) is 18.2 Å². The smallest absolute Gasteiger partial charge is 0.313 e. The van der Waals surface area contributed by atoms with Gasteiger partial charge < -0.3 is 10.6 Å². The predicted octanol–water partition coefficient (Wildman–Crippen LogP) is 3.33. The Morgan fingerprint density at radius 1 is 1.05 bits per heavy atom. The van der Waals surface area contributed by atoms with Crippen LogP contribution in [-0.2, 0) is 9.59 Å². The highest BCUT2D eigenvalue weighted by atomic mass is 16.2. The van der Waals surface area contributed by atoms with Gasteiger partial charge in [0.1, 0.15) is 0 Å². The van der Waals surface area contributed by atoms with Gasteiger partial charge >= 0.3 is 11.8 Å². The van der Waals surface area contributed by atoms with Crippen LogP contribution in [0.25, 0.3) is 0 Å². The van der Waals surface area contributed by atoms with Gasteiger partial charge in [-0.3, -0.25) is 9.59 Å². The molecule has 0 atom stereocenters. The Kier molecular flexibility index (Phi) is 5.99. The van der Waals surface area contributed by atoms with Gasteiger partial charge in [0, 0.05) is 12.2 Å². The maximum absolute atomic E-state index is 11.9. The molecule has 4 heteroatoms. The molecule has 1 saturated carbocycles. The molecule has 2 rings (SSSR count). The molecule has 2 N–H and O–H groups in total. The lowest BCUT2D eigenvalue weighted by molar-refractivity contribution is -0.136. The molecule has 120 valence electrons. The molecule has 1 aromatic rings. The van der Waals surface area contributed by atoms with Crippen molar-refractivity contribution < 1.29 is 9.59 Å². The van der Waals surface area contributed by atoms with Gasteiger partial charge in [0.25, 0.3) is 0 Å². The third-order valence-corrected chi connectivity index (χ3v) is 4.53. The molecule has 0 spiro atoms. The average Bonchev–Trinajstić information content (AvgIpc) is 2.52. The van der Waals surface area contributed by atoms with E-state index >= 15 is 0 Å². The first-order valence-corrected chi connectivity index (χ1v) is 8.22. The summed E-state index contributed by atoms with van der Waals surface area (Å²) >= 11 is 0. The monoisotopic (exact) mass is 302 g/mol. The Bertz CT molecular complexity index is 534. The van der Waals surface area contributed by atoms with Crippen molar-refractivity contribution in [2.24, 2.45) is 5.92 Å². The van der Waals surface area contributed by atoms with E-state index in [2.05, 4.69) is 10.6 Å². The standard InChI is InChI=1S/C18H26N2O2/c1-13-8-9-16(12-14(13)2)20-18(22)17(21)19-11-10-15-6-4-3-5-7-15/h8-9,12,15H,3-7,10-11H2,1-2H3,(H,19,21)(H,20,22). The Labute approximate surface area is 132 Å². The number of carbonyl (C=O) groups excluding carboxylic acids is 2. The summed E-state index contributed by atoms with van der Waals surface area (Å²) in [6, 6.07) is 5.63. The fourth-order valence-corrected chi connectivity index (χ4v) is 2.95. The second kappa shape index (κ2) is 7.97. The van der Waals surface area contributed by atoms with Crippen molar-refractivity contribution in [3.05, 3.63) is 29.3 Å². The molecule has 22 heavy (non-hydrogen) atoms. The molecule has 4 nitrogen and oxygen atoms in total. The summed E-state index contributed by atoms with van der Waals surface area (Å²) in [6.45, 7) is 4.58. The molecule has 0 aliphatic heterocycles. The highest BCUT2D eigenvalue weighted by Gasteiger charge is 2.16. The summed E-state index contributed by atoms with van der Waals surface area (Å²) in [5.74, 6) is -0.433. The van der Waals surface area contributed by atoms with Crippen LogP contribution in [0.3, 0.4) is 0 Å². The van der Waals surface area contributed by atoms with E-state index in [4.69, 9.17) is 0 Å². The van der Waals surface area contributed by atoms with Crippen LogP contribution in [0.2, 0.25) is 0 Å². The van der Waals surface area contributed by atoms with E-state index in [1.165, 1.54) is 32.1 Å². The van der Waals surface area contributed by atoms with Gasteiger partial charge in [0.15, 0.2) is 0 Å². The second-order valence-corrected chi connectivity index (χ2v) is 6.30. The van der Waals surface area contributed by atoms with Crippen LogP contribution in [0.15, 0.2) is 18.2 Å². The summed E-state index contributed by atoms with van der Waals surface area (Å²) in [5, 5.41) is 5.37. The van der Waals surface area contributed by atoms with Gasteiger partial charge in [-0.2, -0.15) is 0 Å². The van der Waals surface area contributed by atoms with Crippen LogP contribution in [0.4, 0.5) is 5.69 Å². The lowest BCUT2D eigenvalue weighted by atomic mass is 9.87. The number of rotatable bonds is 4. The van der Waals surface area contributed by atoms with Crippen molar-refractivity contribution in [3.63, 3.8) is 0 Å². The summed E-state index contributed by atoms with van der Waals surface area (Å²) in [6.07, 6.45) is 7.41. The Morgan fingerprint density at radius 3 is 2.45 bits per heavy atom. The van der Waals surface area contributed by atoms with E-state index in [0.717, 1.165) is 17.5 Å². The van der Waals surface area contributed by atoms with E-state index in [-0.39, 0.29) is 0 Å². The Morgan fingerprint density at radius 2 is 1.77 bits per heavy atom. The first kappa shape index (κ1) is 16.5. The molecule has 0 saturated heterocycles. The number of hydrogen-bond acceptors (Lipinski definition) is 2. The van der Waals surface area contributed by atoms with Gasteiger partial charge in [0.05, 0.1) is 0 Å². The minimum absolute atomic E-state index is 0.547. The first-order valence-electron chi connectivity index (χ1n) is 8.22. The lowest BCUT2D eigenvalue weighted by Gasteiger charge is -2.21. The average molecular weight is 302 g/mol. The molecule has 0 unspecified atom stereocenters. The van der Waals surface area contributed by atoms with Crippen LogP contribution in [0, 0.1) is 19.8 Å². The zero-order chi connectivity index (χ0) is 15.9. The van der Waals surface area contributed by atoms with Crippen molar-refractivity contribution in [1.29, 1.82) is 0 Å². The zero-order valence-electron chi connectivity index (χ0n) is 13.6. The SMILES string of the molecule is Cc1ccc(NC(=O)C(=O)NCCC2CCCCC2)cc1C. The van der Waals surface area contributed by atoms with Crippen LogP contribution in [-0.4, -0.2) is 18.4 Å². The fraction of sp³-hybridized carbons (Fsp3) is 0.556. The minimum Gasteiger partial charge on any atom is -0.348 e. The predicted molar refractivity (Wildman–Crippen MR) is 88.7 cm³/mol. The van der Waals surface area contributed by atoms with E-state index < -0.39 is 11.8 Å². The number of benzene rings is 1. The summed E-state index contributed by atoms with van der Waals surface area (Å²) < 4.78 is 0. The van der Waals surface area contributed by atoms with Crippen LogP contribution in [0.5, 0.6) is 0 Å². The quantitative estimate of drug-likeness (QED) is 0.838. The Balaban J connectivity index is 1.74. The van der Waals surface area contributed by atoms with Gasteiger partial charge in [-0.25, -0.2) is 0 Å². The van der Waals surface area contributed by atoms with Crippen molar-refractivity contribution >= 4 is 17.5 Å². The number of aryl methyl sites for hydroxylation is 2. The summed E-state index contributed by atoms with van der Waals surface area (Å²) in [7, 11) is 0. The van der Waals surface area contributed by atoms with Gasteiger partial charge in [-0.05, 0) is 49.4 Å². The molecule has 0 bridgehead atoms. The fourth-order valence-electron chi connectivity index (χ4n) is 2.95. The third-order valence-electron chi connectivity index (χ3n) is 4.53. The summed E-state index contributed by atoms with van der Waals surface area (Å²) in [5.41, 5.74) is 2.92. The van der Waals surface area contributed by atoms with Crippen LogP contribution < -0.4 is 10.6 Å². The van der Waals surface area contributed by atoms with Crippen molar-refractivity contribution in [2.75, 3.05) is 11.9 Å². The largest absolute Gasteiger partial charge is 0.348 e. The van der Waals surface area contributed by atoms with Crippen molar-refractivity contribution in [2.45, 2.75) is 52.4 Å². The molecule has 1 aromatic carbocycles.